The molecule has 108 valence electrons. The number of carbonyl (C=O) groups is 1. The Kier molecular flexibility index (Phi) is 8.56. The van der Waals surface area contributed by atoms with Crippen LogP contribution in [0.3, 0.4) is 0 Å². The zero-order chi connectivity index (χ0) is 13.5. The summed E-state index contributed by atoms with van der Waals surface area (Å²) in [6.45, 7) is 2.36. The van der Waals surface area contributed by atoms with Crippen molar-refractivity contribution in [3.63, 3.8) is 0 Å². The number of hydrogen-bond acceptors (Lipinski definition) is 3. The Morgan fingerprint density at radius 2 is 2.21 bits per heavy atom. The van der Waals surface area contributed by atoms with Crippen molar-refractivity contribution in [3.8, 4) is 5.75 Å². The molecule has 0 spiro atoms. The molecule has 4 nitrogen and oxygen atoms in total. The quantitative estimate of drug-likeness (QED) is 0.846. The topological polar surface area (TPSA) is 64.3 Å². The molecule has 0 aromatic heterocycles. The summed E-state index contributed by atoms with van der Waals surface area (Å²) in [7, 11) is 1.60. The molecule has 1 amide bonds. The molecule has 0 bridgehead atoms. The van der Waals surface area contributed by atoms with E-state index < -0.39 is 0 Å². The molecule has 19 heavy (non-hydrogen) atoms. The van der Waals surface area contributed by atoms with Crippen LogP contribution in [0, 0.1) is 0 Å². The van der Waals surface area contributed by atoms with Crippen LogP contribution < -0.4 is 15.8 Å². The SMILES string of the molecule is COc1ccc(CCNC(=O)CC(C)N)c(Cl)c1.Cl. The van der Waals surface area contributed by atoms with E-state index >= 15 is 0 Å². The lowest BCUT2D eigenvalue weighted by Crippen LogP contribution is -2.31. The first-order valence-electron chi connectivity index (χ1n) is 5.87. The molecule has 1 rings (SSSR count). The van der Waals surface area contributed by atoms with Gasteiger partial charge in [0.05, 0.1) is 7.11 Å². The summed E-state index contributed by atoms with van der Waals surface area (Å²) < 4.78 is 5.07. The molecule has 0 radical (unpaired) electrons. The molecule has 6 heteroatoms. The summed E-state index contributed by atoms with van der Waals surface area (Å²) in [5, 5.41) is 3.46. The maximum atomic E-state index is 11.4. The lowest BCUT2D eigenvalue weighted by Gasteiger charge is -2.09. The molecule has 0 aliphatic rings. The number of hydrogen-bond donors (Lipinski definition) is 2. The van der Waals surface area contributed by atoms with Crippen molar-refractivity contribution >= 4 is 29.9 Å². The predicted octanol–water partition coefficient (Wildman–Crippen LogP) is 2.17. The van der Waals surface area contributed by atoms with Crippen molar-refractivity contribution in [1.29, 1.82) is 0 Å². The average molecular weight is 307 g/mol. The van der Waals surface area contributed by atoms with Crippen LogP contribution in [0.4, 0.5) is 0 Å². The largest absolute Gasteiger partial charge is 0.497 e. The molecule has 1 aromatic carbocycles. The van der Waals surface area contributed by atoms with Crippen molar-refractivity contribution < 1.29 is 9.53 Å². The van der Waals surface area contributed by atoms with Crippen molar-refractivity contribution in [2.75, 3.05) is 13.7 Å². The number of nitrogens with two attached hydrogens (primary N) is 1. The van der Waals surface area contributed by atoms with Gasteiger partial charge in [0.1, 0.15) is 5.75 Å². The molecule has 1 atom stereocenters. The van der Waals surface area contributed by atoms with Crippen LogP contribution in [0.15, 0.2) is 18.2 Å². The third kappa shape index (κ3) is 6.66. The predicted molar refractivity (Wildman–Crippen MR) is 80.2 cm³/mol. The Bertz CT molecular complexity index is 412. The van der Waals surface area contributed by atoms with Crippen LogP contribution in [0.25, 0.3) is 0 Å². The van der Waals surface area contributed by atoms with Gasteiger partial charge in [-0.05, 0) is 31.0 Å². The van der Waals surface area contributed by atoms with Crippen molar-refractivity contribution in [2.45, 2.75) is 25.8 Å². The zero-order valence-electron chi connectivity index (χ0n) is 11.1. The van der Waals surface area contributed by atoms with Crippen LogP contribution in [0.5, 0.6) is 5.75 Å². The summed E-state index contributed by atoms with van der Waals surface area (Å²) in [5.74, 6) is 0.694. The number of rotatable bonds is 6. The maximum Gasteiger partial charge on any atom is 0.221 e. The van der Waals surface area contributed by atoms with Crippen LogP contribution in [-0.2, 0) is 11.2 Å². The third-order valence-corrected chi connectivity index (χ3v) is 2.84. The van der Waals surface area contributed by atoms with E-state index in [0.717, 1.165) is 11.3 Å². The first-order chi connectivity index (χ1) is 8.52. The molecule has 0 aliphatic heterocycles. The van der Waals surface area contributed by atoms with E-state index in [1.165, 1.54) is 0 Å². The highest BCUT2D eigenvalue weighted by molar-refractivity contribution is 6.31. The Hall–Kier alpha value is -0.970. The standard InChI is InChI=1S/C13H19ClN2O2.ClH/c1-9(15)7-13(17)16-6-5-10-3-4-11(18-2)8-12(10)14;/h3-4,8-9H,5-7,15H2,1-2H3,(H,16,17);1H. The number of carbonyl (C=O) groups excluding carboxylic acids is 1. The molecular weight excluding hydrogens is 287 g/mol. The molecule has 0 saturated carbocycles. The molecule has 0 aliphatic carbocycles. The highest BCUT2D eigenvalue weighted by atomic mass is 35.5. The number of nitrogens with one attached hydrogen (secondary N) is 1. The van der Waals surface area contributed by atoms with Crippen LogP contribution >= 0.6 is 24.0 Å². The van der Waals surface area contributed by atoms with Crippen LogP contribution in [0.1, 0.15) is 18.9 Å². The van der Waals surface area contributed by atoms with E-state index in [0.29, 0.717) is 24.4 Å². The monoisotopic (exact) mass is 306 g/mol. The van der Waals surface area contributed by atoms with Gasteiger partial charge in [0.25, 0.3) is 0 Å². The highest BCUT2D eigenvalue weighted by Crippen LogP contribution is 2.22. The maximum absolute atomic E-state index is 11.4. The zero-order valence-corrected chi connectivity index (χ0v) is 12.7. The minimum absolute atomic E-state index is 0. The number of methoxy groups -OCH3 is 1. The number of halogens is 2. The fourth-order valence-corrected chi connectivity index (χ4v) is 1.82. The van der Waals surface area contributed by atoms with Gasteiger partial charge in [-0.1, -0.05) is 17.7 Å². The van der Waals surface area contributed by atoms with Crippen molar-refractivity contribution in [2.24, 2.45) is 5.73 Å². The summed E-state index contributed by atoms with van der Waals surface area (Å²) in [5.41, 5.74) is 6.52. The summed E-state index contributed by atoms with van der Waals surface area (Å²) in [6.07, 6.45) is 1.03. The Labute approximate surface area is 125 Å². The lowest BCUT2D eigenvalue weighted by atomic mass is 10.1. The molecule has 3 N–H and O–H groups in total. The second-order valence-corrected chi connectivity index (χ2v) is 4.65. The van der Waals surface area contributed by atoms with E-state index in [9.17, 15) is 4.79 Å². The smallest absolute Gasteiger partial charge is 0.221 e. The van der Waals surface area contributed by atoms with Gasteiger partial charge in [-0.3, -0.25) is 4.79 Å². The van der Waals surface area contributed by atoms with Gasteiger partial charge < -0.3 is 15.8 Å². The highest BCUT2D eigenvalue weighted by Gasteiger charge is 2.06. The van der Waals surface area contributed by atoms with Crippen LogP contribution in [-0.4, -0.2) is 25.6 Å². The number of ether oxygens (including phenoxy) is 1. The Balaban J connectivity index is 0.00000324. The van der Waals surface area contributed by atoms with Crippen molar-refractivity contribution in [3.05, 3.63) is 28.8 Å². The Morgan fingerprint density at radius 1 is 1.53 bits per heavy atom. The fraction of sp³-hybridized carbons (Fsp3) is 0.462. The third-order valence-electron chi connectivity index (χ3n) is 2.48. The number of benzene rings is 1. The van der Waals surface area contributed by atoms with Gasteiger partial charge in [-0.15, -0.1) is 12.4 Å². The van der Waals surface area contributed by atoms with Gasteiger partial charge in [0, 0.05) is 24.0 Å². The minimum Gasteiger partial charge on any atom is -0.497 e. The fourth-order valence-electron chi connectivity index (χ4n) is 1.56. The summed E-state index contributed by atoms with van der Waals surface area (Å²) in [4.78, 5) is 11.4. The first kappa shape index (κ1) is 18.0. The second-order valence-electron chi connectivity index (χ2n) is 4.24. The van der Waals surface area contributed by atoms with E-state index in [1.807, 2.05) is 12.1 Å². The molecular formula is C13H20Cl2N2O2. The van der Waals surface area contributed by atoms with E-state index in [1.54, 1.807) is 20.1 Å². The molecule has 0 saturated heterocycles. The number of amides is 1. The van der Waals surface area contributed by atoms with Crippen LogP contribution in [0.2, 0.25) is 5.02 Å². The normalized spacial score (nSPS) is 11.4. The summed E-state index contributed by atoms with van der Waals surface area (Å²) >= 11 is 6.10. The molecule has 0 fully saturated rings. The molecule has 0 heterocycles. The lowest BCUT2D eigenvalue weighted by molar-refractivity contribution is -0.121. The average Bonchev–Trinajstić information content (AvgIpc) is 2.30. The van der Waals surface area contributed by atoms with E-state index in [4.69, 9.17) is 22.1 Å². The van der Waals surface area contributed by atoms with Gasteiger partial charge in [0.15, 0.2) is 0 Å². The van der Waals surface area contributed by atoms with Gasteiger partial charge >= 0.3 is 0 Å². The molecule has 1 aromatic rings. The molecule has 1 unspecified atom stereocenters. The van der Waals surface area contributed by atoms with Gasteiger partial charge in [0.2, 0.25) is 5.91 Å². The minimum atomic E-state index is -0.116. The van der Waals surface area contributed by atoms with Gasteiger partial charge in [-0.2, -0.15) is 0 Å². The van der Waals surface area contributed by atoms with E-state index in [-0.39, 0.29) is 24.4 Å². The Morgan fingerprint density at radius 3 is 2.74 bits per heavy atom. The van der Waals surface area contributed by atoms with Gasteiger partial charge in [-0.25, -0.2) is 0 Å². The first-order valence-corrected chi connectivity index (χ1v) is 6.25. The van der Waals surface area contributed by atoms with Crippen molar-refractivity contribution in [1.82, 2.24) is 5.32 Å². The second kappa shape index (κ2) is 9.02. The summed E-state index contributed by atoms with van der Waals surface area (Å²) in [6, 6.07) is 5.40. The van der Waals surface area contributed by atoms with E-state index in [2.05, 4.69) is 5.32 Å².